The van der Waals surface area contributed by atoms with Gasteiger partial charge in [-0.05, 0) is 19.1 Å². The van der Waals surface area contributed by atoms with Crippen LogP contribution >= 0.6 is 0 Å². The summed E-state index contributed by atoms with van der Waals surface area (Å²) in [5, 5.41) is 16.8. The van der Waals surface area contributed by atoms with E-state index >= 15 is 0 Å². The van der Waals surface area contributed by atoms with Gasteiger partial charge in [0, 0.05) is 11.6 Å². The molecule has 6 heteroatoms. The van der Waals surface area contributed by atoms with Crippen molar-refractivity contribution in [1.82, 2.24) is 10.5 Å². The van der Waals surface area contributed by atoms with E-state index in [1.54, 1.807) is 25.1 Å². The van der Waals surface area contributed by atoms with Crippen LogP contribution in [-0.4, -0.2) is 22.7 Å². The average molecular weight is 312 g/mol. The Hall–Kier alpha value is -2.86. The molecule has 1 amide bonds. The Labute approximate surface area is 132 Å². The van der Waals surface area contributed by atoms with E-state index in [4.69, 9.17) is 8.94 Å². The number of hydrogen-bond donors (Lipinski definition) is 2. The summed E-state index contributed by atoms with van der Waals surface area (Å²) in [5.41, 5.74) is 0.132. The van der Waals surface area contributed by atoms with E-state index in [0.717, 1.165) is 5.56 Å². The SMILES string of the molecule is CC(O)(CNC(=O)c1cc(-c2ccccc2)no1)c1ccco1. The quantitative estimate of drug-likeness (QED) is 0.756. The van der Waals surface area contributed by atoms with Gasteiger partial charge in [0.2, 0.25) is 5.76 Å². The van der Waals surface area contributed by atoms with Crippen LogP contribution in [0.1, 0.15) is 23.2 Å². The molecule has 2 heterocycles. The second kappa shape index (κ2) is 6.10. The molecular formula is C17H16N2O4. The lowest BCUT2D eigenvalue weighted by atomic mass is 10.0. The van der Waals surface area contributed by atoms with Crippen LogP contribution in [0, 0.1) is 0 Å². The fraction of sp³-hybridized carbons (Fsp3) is 0.176. The number of carbonyl (C=O) groups is 1. The zero-order valence-corrected chi connectivity index (χ0v) is 12.5. The van der Waals surface area contributed by atoms with Crippen molar-refractivity contribution in [2.75, 3.05) is 6.54 Å². The number of aromatic nitrogens is 1. The molecule has 6 nitrogen and oxygen atoms in total. The minimum Gasteiger partial charge on any atom is -0.466 e. The Morgan fingerprint density at radius 3 is 2.74 bits per heavy atom. The summed E-state index contributed by atoms with van der Waals surface area (Å²) in [5.74, 6) is 0.00551. The van der Waals surface area contributed by atoms with Crippen molar-refractivity contribution in [3.05, 3.63) is 66.3 Å². The van der Waals surface area contributed by atoms with Crippen LogP contribution in [0.5, 0.6) is 0 Å². The topological polar surface area (TPSA) is 88.5 Å². The number of furan rings is 1. The second-order valence-corrected chi connectivity index (χ2v) is 5.38. The van der Waals surface area contributed by atoms with Gasteiger partial charge in [0.15, 0.2) is 0 Å². The van der Waals surface area contributed by atoms with Gasteiger partial charge >= 0.3 is 0 Å². The molecule has 0 spiro atoms. The maximum atomic E-state index is 12.1. The Bertz CT molecular complexity index is 776. The molecule has 1 aromatic carbocycles. The molecule has 23 heavy (non-hydrogen) atoms. The minimum atomic E-state index is -1.30. The third-order valence-electron chi connectivity index (χ3n) is 3.45. The minimum absolute atomic E-state index is 0.0132. The zero-order valence-electron chi connectivity index (χ0n) is 12.5. The Kier molecular flexibility index (Phi) is 3.99. The molecule has 0 saturated heterocycles. The van der Waals surface area contributed by atoms with Gasteiger partial charge in [-0.3, -0.25) is 4.79 Å². The summed E-state index contributed by atoms with van der Waals surface area (Å²) < 4.78 is 10.2. The van der Waals surface area contributed by atoms with E-state index in [9.17, 15) is 9.90 Å². The lowest BCUT2D eigenvalue weighted by Crippen LogP contribution is -2.38. The van der Waals surface area contributed by atoms with Crippen molar-refractivity contribution >= 4 is 5.91 Å². The van der Waals surface area contributed by atoms with Crippen molar-refractivity contribution in [2.24, 2.45) is 0 Å². The van der Waals surface area contributed by atoms with Crippen LogP contribution in [-0.2, 0) is 5.60 Å². The number of nitrogens with zero attached hydrogens (tertiary/aromatic N) is 1. The Balaban J connectivity index is 1.66. The first-order chi connectivity index (χ1) is 11.1. The number of carbonyl (C=O) groups excluding carboxylic acids is 1. The Morgan fingerprint density at radius 2 is 2.04 bits per heavy atom. The van der Waals surface area contributed by atoms with Crippen molar-refractivity contribution in [3.63, 3.8) is 0 Å². The number of nitrogens with one attached hydrogen (secondary N) is 1. The summed E-state index contributed by atoms with van der Waals surface area (Å²) in [7, 11) is 0. The predicted molar refractivity (Wildman–Crippen MR) is 82.6 cm³/mol. The van der Waals surface area contributed by atoms with E-state index in [2.05, 4.69) is 10.5 Å². The molecule has 0 aliphatic carbocycles. The van der Waals surface area contributed by atoms with E-state index in [1.807, 2.05) is 30.3 Å². The number of hydrogen-bond acceptors (Lipinski definition) is 5. The van der Waals surface area contributed by atoms with E-state index in [0.29, 0.717) is 11.5 Å². The fourth-order valence-corrected chi connectivity index (χ4v) is 2.14. The number of benzene rings is 1. The molecule has 1 unspecified atom stereocenters. The maximum absolute atomic E-state index is 12.1. The third-order valence-corrected chi connectivity index (χ3v) is 3.45. The standard InChI is InChI=1S/C17H16N2O4/c1-17(21,15-8-5-9-22-15)11-18-16(20)14-10-13(19-23-14)12-6-3-2-4-7-12/h2-10,21H,11H2,1H3,(H,18,20). The highest BCUT2D eigenvalue weighted by atomic mass is 16.5. The van der Waals surface area contributed by atoms with Crippen molar-refractivity contribution in [2.45, 2.75) is 12.5 Å². The Morgan fingerprint density at radius 1 is 1.26 bits per heavy atom. The molecular weight excluding hydrogens is 296 g/mol. The number of aliphatic hydroxyl groups is 1. The van der Waals surface area contributed by atoms with Gasteiger partial charge in [-0.1, -0.05) is 35.5 Å². The second-order valence-electron chi connectivity index (χ2n) is 5.38. The first-order valence-electron chi connectivity index (χ1n) is 7.13. The van der Waals surface area contributed by atoms with E-state index < -0.39 is 11.5 Å². The van der Waals surface area contributed by atoms with Gasteiger partial charge in [-0.15, -0.1) is 0 Å². The number of amides is 1. The summed E-state index contributed by atoms with van der Waals surface area (Å²) in [4.78, 5) is 12.1. The smallest absolute Gasteiger partial charge is 0.290 e. The van der Waals surface area contributed by atoms with Crippen LogP contribution < -0.4 is 5.32 Å². The average Bonchev–Trinajstić information content (AvgIpc) is 3.25. The molecule has 118 valence electrons. The van der Waals surface area contributed by atoms with Crippen LogP contribution in [0.15, 0.2) is 63.7 Å². The first kappa shape index (κ1) is 15.1. The van der Waals surface area contributed by atoms with Crippen molar-refractivity contribution < 1.29 is 18.8 Å². The lowest BCUT2D eigenvalue weighted by Gasteiger charge is -2.20. The van der Waals surface area contributed by atoms with Gasteiger partial charge in [-0.2, -0.15) is 0 Å². The molecule has 0 fully saturated rings. The van der Waals surface area contributed by atoms with Gasteiger partial charge in [0.25, 0.3) is 5.91 Å². The highest BCUT2D eigenvalue weighted by Crippen LogP contribution is 2.21. The lowest BCUT2D eigenvalue weighted by molar-refractivity contribution is 0.0324. The van der Waals surface area contributed by atoms with Crippen LogP contribution in [0.25, 0.3) is 11.3 Å². The normalized spacial score (nSPS) is 13.5. The monoisotopic (exact) mass is 312 g/mol. The molecule has 1 atom stereocenters. The molecule has 3 aromatic rings. The van der Waals surface area contributed by atoms with E-state index in [-0.39, 0.29) is 12.3 Å². The van der Waals surface area contributed by atoms with Crippen LogP contribution in [0.2, 0.25) is 0 Å². The molecule has 0 aliphatic rings. The number of rotatable bonds is 5. The first-order valence-corrected chi connectivity index (χ1v) is 7.13. The largest absolute Gasteiger partial charge is 0.466 e. The zero-order chi connectivity index (χ0) is 16.3. The van der Waals surface area contributed by atoms with Gasteiger partial charge in [0.1, 0.15) is 17.1 Å². The summed E-state index contributed by atoms with van der Waals surface area (Å²) in [6.07, 6.45) is 1.47. The molecule has 0 aliphatic heterocycles. The van der Waals surface area contributed by atoms with Crippen molar-refractivity contribution in [3.8, 4) is 11.3 Å². The van der Waals surface area contributed by atoms with E-state index in [1.165, 1.54) is 6.26 Å². The summed E-state index contributed by atoms with van der Waals surface area (Å²) in [6.45, 7) is 1.54. The third kappa shape index (κ3) is 3.32. The molecule has 0 saturated carbocycles. The maximum Gasteiger partial charge on any atom is 0.290 e. The highest BCUT2D eigenvalue weighted by molar-refractivity contribution is 5.92. The molecule has 2 N–H and O–H groups in total. The summed E-state index contributed by atoms with van der Waals surface area (Å²) >= 11 is 0. The van der Waals surface area contributed by atoms with Gasteiger partial charge in [0.05, 0.1) is 12.8 Å². The predicted octanol–water partition coefficient (Wildman–Crippen LogP) is 2.57. The van der Waals surface area contributed by atoms with Gasteiger partial charge in [-0.25, -0.2) is 0 Å². The summed E-state index contributed by atoms with van der Waals surface area (Å²) in [6, 6.07) is 14.3. The molecule has 0 bridgehead atoms. The molecule has 2 aromatic heterocycles. The highest BCUT2D eigenvalue weighted by Gasteiger charge is 2.27. The van der Waals surface area contributed by atoms with Crippen LogP contribution in [0.3, 0.4) is 0 Å². The van der Waals surface area contributed by atoms with Crippen molar-refractivity contribution in [1.29, 1.82) is 0 Å². The van der Waals surface area contributed by atoms with Crippen LogP contribution in [0.4, 0.5) is 0 Å². The van der Waals surface area contributed by atoms with Gasteiger partial charge < -0.3 is 19.4 Å². The fourth-order valence-electron chi connectivity index (χ4n) is 2.14. The molecule has 0 radical (unpaired) electrons. The molecule has 3 rings (SSSR count).